The Hall–Kier alpha value is -1.79. The predicted molar refractivity (Wildman–Crippen MR) is 69.9 cm³/mol. The Balaban J connectivity index is 1.83. The summed E-state index contributed by atoms with van der Waals surface area (Å²) in [6, 6.07) is 4.96. The first-order chi connectivity index (χ1) is 9.65. The van der Waals surface area contributed by atoms with Gasteiger partial charge in [0.2, 0.25) is 0 Å². The molecule has 0 aromatic heterocycles. The van der Waals surface area contributed by atoms with Crippen LogP contribution in [0.15, 0.2) is 18.2 Å². The van der Waals surface area contributed by atoms with Gasteiger partial charge in [-0.3, -0.25) is 9.69 Å². The van der Waals surface area contributed by atoms with E-state index in [0.29, 0.717) is 32.1 Å². The minimum absolute atomic E-state index is 0.0267. The third-order valence-electron chi connectivity index (χ3n) is 3.84. The zero-order valence-corrected chi connectivity index (χ0v) is 11.0. The maximum atomic E-state index is 11.0. The lowest BCUT2D eigenvalue weighted by molar-refractivity contribution is -0.141. The lowest BCUT2D eigenvalue weighted by atomic mass is 10.0. The molecular formula is C14H17NO5. The van der Waals surface area contributed by atoms with E-state index < -0.39 is 5.97 Å². The van der Waals surface area contributed by atoms with Gasteiger partial charge in [0.15, 0.2) is 0 Å². The van der Waals surface area contributed by atoms with Crippen molar-refractivity contribution >= 4 is 5.97 Å². The van der Waals surface area contributed by atoms with Gasteiger partial charge < -0.3 is 19.7 Å². The zero-order chi connectivity index (χ0) is 14.1. The van der Waals surface area contributed by atoms with Crippen LogP contribution in [-0.4, -0.2) is 53.5 Å². The van der Waals surface area contributed by atoms with E-state index in [-0.39, 0.29) is 24.3 Å². The van der Waals surface area contributed by atoms with E-state index in [1.165, 1.54) is 0 Å². The summed E-state index contributed by atoms with van der Waals surface area (Å²) in [7, 11) is 0. The number of carbonyl (C=O) groups is 1. The van der Waals surface area contributed by atoms with Gasteiger partial charge in [0, 0.05) is 24.2 Å². The summed E-state index contributed by atoms with van der Waals surface area (Å²) in [5.74, 6) is 0.0272. The van der Waals surface area contributed by atoms with Crippen LogP contribution in [-0.2, 0) is 9.53 Å². The highest BCUT2D eigenvalue weighted by atomic mass is 16.5. The Kier molecular flexibility index (Phi) is 3.50. The number of aliphatic carboxylic acids is 1. The molecule has 1 fully saturated rings. The molecule has 1 aromatic rings. The first-order valence-corrected chi connectivity index (χ1v) is 6.66. The van der Waals surface area contributed by atoms with E-state index >= 15 is 0 Å². The summed E-state index contributed by atoms with van der Waals surface area (Å²) < 4.78 is 11.0. The number of nitrogens with zero attached hydrogens (tertiary/aromatic N) is 1. The van der Waals surface area contributed by atoms with Crippen molar-refractivity contribution in [1.29, 1.82) is 0 Å². The third-order valence-corrected chi connectivity index (χ3v) is 3.84. The van der Waals surface area contributed by atoms with Gasteiger partial charge in [-0.1, -0.05) is 0 Å². The van der Waals surface area contributed by atoms with Gasteiger partial charge in [-0.25, -0.2) is 0 Å². The van der Waals surface area contributed by atoms with Gasteiger partial charge in [0.05, 0.1) is 25.7 Å². The second-order valence-electron chi connectivity index (χ2n) is 5.11. The smallest absolute Gasteiger partial charge is 0.305 e. The first kappa shape index (κ1) is 13.2. The number of ether oxygens (including phenoxy) is 2. The number of phenolic OH excluding ortho intramolecular Hbond substituents is 1. The molecule has 0 bridgehead atoms. The van der Waals surface area contributed by atoms with Crippen molar-refractivity contribution < 1.29 is 24.5 Å². The molecule has 2 heterocycles. The minimum atomic E-state index is -0.824. The van der Waals surface area contributed by atoms with Crippen LogP contribution in [0, 0.1) is 0 Å². The fourth-order valence-electron chi connectivity index (χ4n) is 2.91. The summed E-state index contributed by atoms with van der Waals surface area (Å²) in [4.78, 5) is 13.1. The number of carboxylic acids is 1. The highest BCUT2D eigenvalue weighted by Gasteiger charge is 2.36. The SMILES string of the molecule is O=C(O)CC1COCCN1C1COc2cc(O)ccc21. The number of phenols is 1. The molecule has 2 aliphatic rings. The number of hydrogen-bond donors (Lipinski definition) is 2. The van der Waals surface area contributed by atoms with Crippen LogP contribution in [0.3, 0.4) is 0 Å². The van der Waals surface area contributed by atoms with Gasteiger partial charge in [-0.2, -0.15) is 0 Å². The normalized spacial score (nSPS) is 26.0. The maximum Gasteiger partial charge on any atom is 0.305 e. The number of hydrogen-bond acceptors (Lipinski definition) is 5. The van der Waals surface area contributed by atoms with Crippen LogP contribution in [0.25, 0.3) is 0 Å². The molecule has 2 atom stereocenters. The van der Waals surface area contributed by atoms with E-state index in [1.54, 1.807) is 12.1 Å². The number of fused-ring (bicyclic) bond motifs is 1. The third kappa shape index (κ3) is 2.44. The Bertz CT molecular complexity index is 518. The monoisotopic (exact) mass is 279 g/mol. The molecule has 2 unspecified atom stereocenters. The molecule has 6 heteroatoms. The number of morpholine rings is 1. The summed E-state index contributed by atoms with van der Waals surface area (Å²) in [5.41, 5.74) is 1.00. The molecule has 6 nitrogen and oxygen atoms in total. The highest BCUT2D eigenvalue weighted by molar-refractivity contribution is 5.67. The molecule has 0 radical (unpaired) electrons. The van der Waals surface area contributed by atoms with E-state index in [0.717, 1.165) is 5.56 Å². The summed E-state index contributed by atoms with van der Waals surface area (Å²) in [6.45, 7) is 2.19. The number of rotatable bonds is 3. The predicted octanol–water partition coefficient (Wildman–Crippen LogP) is 1.00. The molecule has 3 rings (SSSR count). The van der Waals surface area contributed by atoms with Crippen LogP contribution in [0.4, 0.5) is 0 Å². The van der Waals surface area contributed by atoms with Crippen LogP contribution in [0.1, 0.15) is 18.0 Å². The average Bonchev–Trinajstić information content (AvgIpc) is 2.81. The number of aromatic hydroxyl groups is 1. The van der Waals surface area contributed by atoms with Gasteiger partial charge in [0.25, 0.3) is 0 Å². The molecule has 0 saturated carbocycles. The Labute approximate surface area is 116 Å². The second-order valence-corrected chi connectivity index (χ2v) is 5.11. The van der Waals surface area contributed by atoms with Crippen LogP contribution in [0.5, 0.6) is 11.5 Å². The number of carboxylic acid groups (broad SMARTS) is 1. The molecule has 0 amide bonds. The summed E-state index contributed by atoms with van der Waals surface area (Å²) >= 11 is 0. The summed E-state index contributed by atoms with van der Waals surface area (Å²) in [5, 5.41) is 18.5. The first-order valence-electron chi connectivity index (χ1n) is 6.66. The van der Waals surface area contributed by atoms with E-state index in [4.69, 9.17) is 14.6 Å². The van der Waals surface area contributed by atoms with Crippen LogP contribution in [0.2, 0.25) is 0 Å². The largest absolute Gasteiger partial charge is 0.508 e. The molecule has 0 aliphatic carbocycles. The molecular weight excluding hydrogens is 262 g/mol. The lowest BCUT2D eigenvalue weighted by Crippen LogP contribution is -2.48. The van der Waals surface area contributed by atoms with Crippen molar-refractivity contribution in [3.63, 3.8) is 0 Å². The van der Waals surface area contributed by atoms with Crippen LogP contribution < -0.4 is 4.74 Å². The molecule has 1 aromatic carbocycles. The summed E-state index contributed by atoms with van der Waals surface area (Å²) in [6.07, 6.45) is 0.0594. The minimum Gasteiger partial charge on any atom is -0.508 e. The van der Waals surface area contributed by atoms with Gasteiger partial charge in [0.1, 0.15) is 18.1 Å². The Morgan fingerprint density at radius 2 is 2.25 bits per heavy atom. The zero-order valence-electron chi connectivity index (χ0n) is 11.0. The van der Waals surface area contributed by atoms with Crippen molar-refractivity contribution in [2.75, 3.05) is 26.4 Å². The Morgan fingerprint density at radius 1 is 1.40 bits per heavy atom. The lowest BCUT2D eigenvalue weighted by Gasteiger charge is -2.38. The molecule has 1 saturated heterocycles. The fourth-order valence-corrected chi connectivity index (χ4v) is 2.91. The van der Waals surface area contributed by atoms with Crippen LogP contribution >= 0.6 is 0 Å². The fraction of sp³-hybridized carbons (Fsp3) is 0.500. The molecule has 2 N–H and O–H groups in total. The van der Waals surface area contributed by atoms with Crippen molar-refractivity contribution in [2.45, 2.75) is 18.5 Å². The quantitative estimate of drug-likeness (QED) is 0.859. The number of benzene rings is 1. The molecule has 0 spiro atoms. The van der Waals surface area contributed by atoms with Crippen molar-refractivity contribution in [3.05, 3.63) is 23.8 Å². The van der Waals surface area contributed by atoms with E-state index in [9.17, 15) is 9.90 Å². The van der Waals surface area contributed by atoms with Crippen molar-refractivity contribution in [1.82, 2.24) is 4.90 Å². The molecule has 2 aliphatic heterocycles. The Morgan fingerprint density at radius 3 is 3.05 bits per heavy atom. The topological polar surface area (TPSA) is 79.2 Å². The second kappa shape index (κ2) is 5.30. The van der Waals surface area contributed by atoms with Gasteiger partial charge in [-0.15, -0.1) is 0 Å². The standard InChI is InChI=1S/C14H17NO5/c16-10-1-2-11-12(8-20-13(11)6-10)15-3-4-19-7-9(15)5-14(17)18/h1-2,6,9,12,16H,3-5,7-8H2,(H,17,18). The van der Waals surface area contributed by atoms with Crippen molar-refractivity contribution in [2.24, 2.45) is 0 Å². The average molecular weight is 279 g/mol. The van der Waals surface area contributed by atoms with Gasteiger partial charge >= 0.3 is 5.97 Å². The van der Waals surface area contributed by atoms with Gasteiger partial charge in [-0.05, 0) is 12.1 Å². The van der Waals surface area contributed by atoms with E-state index in [2.05, 4.69) is 4.90 Å². The van der Waals surface area contributed by atoms with Crippen molar-refractivity contribution in [3.8, 4) is 11.5 Å². The molecule has 108 valence electrons. The maximum absolute atomic E-state index is 11.0. The van der Waals surface area contributed by atoms with E-state index in [1.807, 2.05) is 6.07 Å². The molecule has 20 heavy (non-hydrogen) atoms. The highest BCUT2D eigenvalue weighted by Crippen LogP contribution is 2.39.